The van der Waals surface area contributed by atoms with E-state index in [1.807, 2.05) is 16.8 Å². The minimum absolute atomic E-state index is 0.288. The van der Waals surface area contributed by atoms with E-state index in [0.717, 1.165) is 30.6 Å². The molecule has 4 heteroatoms. The van der Waals surface area contributed by atoms with E-state index in [1.54, 1.807) is 24.5 Å². The second kappa shape index (κ2) is 5.49. The average molecular weight is 244 g/mol. The number of aromatic nitrogens is 2. The lowest BCUT2D eigenvalue weighted by Gasteiger charge is -2.02. The van der Waals surface area contributed by atoms with Crippen molar-refractivity contribution in [2.45, 2.75) is 26.2 Å². The lowest BCUT2D eigenvalue weighted by Crippen LogP contribution is -1.98. The molecule has 4 nitrogen and oxygen atoms in total. The number of carboxylic acids is 1. The minimum Gasteiger partial charge on any atom is -0.478 e. The van der Waals surface area contributed by atoms with Crippen molar-refractivity contribution in [3.05, 3.63) is 48.0 Å². The Labute approximate surface area is 106 Å². The van der Waals surface area contributed by atoms with Crippen LogP contribution in [-0.4, -0.2) is 20.6 Å². The molecule has 2 aromatic rings. The van der Waals surface area contributed by atoms with Crippen molar-refractivity contribution < 1.29 is 9.90 Å². The molecule has 0 atom stereocenters. The Balaban J connectivity index is 2.23. The summed E-state index contributed by atoms with van der Waals surface area (Å²) in [5.74, 6) is -0.914. The second-order valence-electron chi connectivity index (χ2n) is 4.23. The molecule has 1 aromatic heterocycles. The molecule has 0 bridgehead atoms. The Morgan fingerprint density at radius 2 is 2.28 bits per heavy atom. The van der Waals surface area contributed by atoms with Crippen LogP contribution in [0.1, 0.15) is 35.8 Å². The number of aromatic carboxylic acids is 1. The first-order valence-corrected chi connectivity index (χ1v) is 6.07. The van der Waals surface area contributed by atoms with Crippen molar-refractivity contribution in [3.8, 4) is 5.69 Å². The van der Waals surface area contributed by atoms with Gasteiger partial charge in [-0.1, -0.05) is 19.4 Å². The summed E-state index contributed by atoms with van der Waals surface area (Å²) in [5.41, 5.74) is 2.15. The average Bonchev–Trinajstić information content (AvgIpc) is 2.85. The van der Waals surface area contributed by atoms with Crippen LogP contribution in [0, 0.1) is 0 Å². The molecule has 0 amide bonds. The second-order valence-corrected chi connectivity index (χ2v) is 4.23. The monoisotopic (exact) mass is 244 g/mol. The van der Waals surface area contributed by atoms with Gasteiger partial charge in [-0.15, -0.1) is 0 Å². The molecule has 0 saturated heterocycles. The van der Waals surface area contributed by atoms with Crippen molar-refractivity contribution in [1.82, 2.24) is 9.55 Å². The molecule has 0 unspecified atom stereocenters. The highest BCUT2D eigenvalue weighted by molar-refractivity contribution is 5.88. The summed E-state index contributed by atoms with van der Waals surface area (Å²) < 4.78 is 1.86. The highest BCUT2D eigenvalue weighted by Gasteiger charge is 2.05. The van der Waals surface area contributed by atoms with Gasteiger partial charge in [-0.3, -0.25) is 0 Å². The van der Waals surface area contributed by atoms with Gasteiger partial charge >= 0.3 is 5.97 Å². The molecular formula is C14H16N2O2. The summed E-state index contributed by atoms with van der Waals surface area (Å²) in [6.07, 6.45) is 6.90. The first-order chi connectivity index (χ1) is 8.70. The first kappa shape index (κ1) is 12.4. The maximum absolute atomic E-state index is 10.9. The Morgan fingerprint density at radius 1 is 1.44 bits per heavy atom. The molecule has 0 aliphatic rings. The van der Waals surface area contributed by atoms with Gasteiger partial charge in [0.1, 0.15) is 0 Å². The van der Waals surface area contributed by atoms with Gasteiger partial charge in [0.2, 0.25) is 0 Å². The van der Waals surface area contributed by atoms with E-state index in [0.29, 0.717) is 0 Å². The maximum atomic E-state index is 10.9. The van der Waals surface area contributed by atoms with Crippen LogP contribution in [-0.2, 0) is 6.42 Å². The predicted molar refractivity (Wildman–Crippen MR) is 69.1 cm³/mol. The fraction of sp³-hybridized carbons (Fsp3) is 0.286. The number of aryl methyl sites for hydroxylation is 1. The van der Waals surface area contributed by atoms with Crippen LogP contribution in [0.25, 0.3) is 5.69 Å². The van der Waals surface area contributed by atoms with E-state index < -0.39 is 5.97 Å². The summed E-state index contributed by atoms with van der Waals surface area (Å²) in [4.78, 5) is 15.2. The predicted octanol–water partition coefficient (Wildman–Crippen LogP) is 2.91. The quantitative estimate of drug-likeness (QED) is 0.879. The van der Waals surface area contributed by atoms with Gasteiger partial charge < -0.3 is 9.67 Å². The number of carbonyl (C=O) groups is 1. The Kier molecular flexibility index (Phi) is 3.77. The van der Waals surface area contributed by atoms with Gasteiger partial charge in [0.25, 0.3) is 0 Å². The third-order valence-electron chi connectivity index (χ3n) is 2.81. The molecule has 2 rings (SSSR count). The van der Waals surface area contributed by atoms with Crippen molar-refractivity contribution >= 4 is 5.97 Å². The number of imidazole rings is 1. The highest BCUT2D eigenvalue weighted by Crippen LogP contribution is 2.12. The smallest absolute Gasteiger partial charge is 0.335 e. The number of rotatable bonds is 5. The molecule has 0 spiro atoms. The number of hydrogen-bond acceptors (Lipinski definition) is 2. The van der Waals surface area contributed by atoms with Gasteiger partial charge in [0, 0.05) is 11.9 Å². The lowest BCUT2D eigenvalue weighted by molar-refractivity contribution is 0.0697. The molecule has 1 heterocycles. The molecule has 0 aliphatic heterocycles. The summed E-state index contributed by atoms with van der Waals surface area (Å²) in [7, 11) is 0. The SMILES string of the molecule is CCCCc1cn(-c2cccc(C(=O)O)c2)cn1. The number of benzene rings is 1. The van der Waals surface area contributed by atoms with E-state index in [2.05, 4.69) is 11.9 Å². The van der Waals surface area contributed by atoms with Crippen LogP contribution in [0.3, 0.4) is 0 Å². The van der Waals surface area contributed by atoms with Gasteiger partial charge in [-0.25, -0.2) is 9.78 Å². The molecule has 1 N–H and O–H groups in total. The fourth-order valence-corrected chi connectivity index (χ4v) is 1.79. The van der Waals surface area contributed by atoms with E-state index in [1.165, 1.54) is 0 Å². The van der Waals surface area contributed by atoms with Gasteiger partial charge in [0.05, 0.1) is 17.6 Å². The summed E-state index contributed by atoms with van der Waals surface area (Å²) >= 11 is 0. The van der Waals surface area contributed by atoms with Crippen LogP contribution < -0.4 is 0 Å². The Hall–Kier alpha value is -2.10. The van der Waals surface area contributed by atoms with Gasteiger partial charge in [-0.2, -0.15) is 0 Å². The van der Waals surface area contributed by atoms with Crippen LogP contribution in [0.4, 0.5) is 0 Å². The largest absolute Gasteiger partial charge is 0.478 e. The summed E-state index contributed by atoms with van der Waals surface area (Å²) in [5, 5.41) is 8.95. The molecule has 0 saturated carbocycles. The van der Waals surface area contributed by atoms with E-state index in [9.17, 15) is 4.79 Å². The van der Waals surface area contributed by atoms with Crippen LogP contribution in [0.15, 0.2) is 36.8 Å². The minimum atomic E-state index is -0.914. The molecule has 0 radical (unpaired) electrons. The van der Waals surface area contributed by atoms with Gasteiger partial charge in [0.15, 0.2) is 0 Å². The van der Waals surface area contributed by atoms with Crippen molar-refractivity contribution in [1.29, 1.82) is 0 Å². The fourth-order valence-electron chi connectivity index (χ4n) is 1.79. The number of nitrogens with zero attached hydrogens (tertiary/aromatic N) is 2. The standard InChI is InChI=1S/C14H16N2O2/c1-2-3-6-12-9-16(10-15-12)13-7-4-5-11(8-13)14(17)18/h4-5,7-10H,2-3,6H2,1H3,(H,17,18). The van der Waals surface area contributed by atoms with Gasteiger partial charge in [-0.05, 0) is 31.0 Å². The number of carboxylic acid groups (broad SMARTS) is 1. The number of hydrogen-bond donors (Lipinski definition) is 1. The highest BCUT2D eigenvalue weighted by atomic mass is 16.4. The zero-order valence-corrected chi connectivity index (χ0v) is 10.3. The first-order valence-electron chi connectivity index (χ1n) is 6.07. The molecule has 0 fully saturated rings. The van der Waals surface area contributed by atoms with E-state index in [-0.39, 0.29) is 5.56 Å². The normalized spacial score (nSPS) is 10.5. The molecular weight excluding hydrogens is 228 g/mol. The van der Waals surface area contributed by atoms with Crippen molar-refractivity contribution in [3.63, 3.8) is 0 Å². The van der Waals surface area contributed by atoms with E-state index in [4.69, 9.17) is 5.11 Å². The molecule has 1 aromatic carbocycles. The zero-order valence-electron chi connectivity index (χ0n) is 10.3. The zero-order chi connectivity index (χ0) is 13.0. The maximum Gasteiger partial charge on any atom is 0.335 e. The van der Waals surface area contributed by atoms with Crippen molar-refractivity contribution in [2.75, 3.05) is 0 Å². The van der Waals surface area contributed by atoms with E-state index >= 15 is 0 Å². The Morgan fingerprint density at radius 3 is 3.00 bits per heavy atom. The lowest BCUT2D eigenvalue weighted by atomic mass is 10.2. The summed E-state index contributed by atoms with van der Waals surface area (Å²) in [6, 6.07) is 6.84. The van der Waals surface area contributed by atoms with Crippen LogP contribution >= 0.6 is 0 Å². The molecule has 18 heavy (non-hydrogen) atoms. The Bertz CT molecular complexity index is 546. The topological polar surface area (TPSA) is 55.1 Å². The van der Waals surface area contributed by atoms with Crippen molar-refractivity contribution in [2.24, 2.45) is 0 Å². The third-order valence-corrected chi connectivity index (χ3v) is 2.81. The third kappa shape index (κ3) is 2.77. The van der Waals surface area contributed by atoms with Crippen LogP contribution in [0.2, 0.25) is 0 Å². The molecule has 0 aliphatic carbocycles. The number of unbranched alkanes of at least 4 members (excludes halogenated alkanes) is 1. The van der Waals surface area contributed by atoms with Crippen LogP contribution in [0.5, 0.6) is 0 Å². The molecule has 94 valence electrons. The summed E-state index contributed by atoms with van der Waals surface area (Å²) in [6.45, 7) is 2.15.